The lowest BCUT2D eigenvalue weighted by Gasteiger charge is -2.21. The van der Waals surface area contributed by atoms with Gasteiger partial charge in [-0.05, 0) is 30.2 Å². The van der Waals surface area contributed by atoms with Crippen molar-refractivity contribution in [1.82, 2.24) is 14.8 Å². The summed E-state index contributed by atoms with van der Waals surface area (Å²) in [6.07, 6.45) is 2.08. The monoisotopic (exact) mass is 344 g/mol. The molecule has 0 fully saturated rings. The number of carbonyl (C=O) groups is 2. The number of aromatic nitrogens is 1. The zero-order chi connectivity index (χ0) is 18.6. The first-order valence-electron chi connectivity index (χ1n) is 8.64. The van der Waals surface area contributed by atoms with E-state index in [-0.39, 0.29) is 17.9 Å². The Morgan fingerprint density at radius 2 is 1.92 bits per heavy atom. The molecular formula is C19H28N4O2. The first-order valence-corrected chi connectivity index (χ1v) is 8.64. The molecule has 2 aromatic rings. The minimum atomic E-state index is -0.256. The highest BCUT2D eigenvalue weighted by atomic mass is 16.2. The van der Waals surface area contributed by atoms with Crippen LogP contribution in [-0.4, -0.2) is 42.0 Å². The van der Waals surface area contributed by atoms with Gasteiger partial charge in [-0.25, -0.2) is 4.79 Å². The van der Waals surface area contributed by atoms with Gasteiger partial charge in [-0.15, -0.1) is 0 Å². The molecule has 0 spiro atoms. The largest absolute Gasteiger partial charge is 0.359 e. The summed E-state index contributed by atoms with van der Waals surface area (Å²) >= 11 is 0. The molecule has 6 heteroatoms. The van der Waals surface area contributed by atoms with Gasteiger partial charge >= 0.3 is 6.03 Å². The van der Waals surface area contributed by atoms with Crippen LogP contribution < -0.4 is 10.6 Å². The number of urea groups is 1. The summed E-state index contributed by atoms with van der Waals surface area (Å²) in [6, 6.07) is 7.75. The molecule has 136 valence electrons. The van der Waals surface area contributed by atoms with E-state index in [0.29, 0.717) is 12.5 Å². The van der Waals surface area contributed by atoms with Gasteiger partial charge in [0.15, 0.2) is 0 Å². The molecule has 1 aromatic carbocycles. The van der Waals surface area contributed by atoms with Gasteiger partial charge in [0.2, 0.25) is 5.91 Å². The number of nitrogens with one attached hydrogen (secondary N) is 2. The number of hydrogen-bond donors (Lipinski definition) is 2. The summed E-state index contributed by atoms with van der Waals surface area (Å²) < 4.78 is 2.22. The van der Waals surface area contributed by atoms with Crippen LogP contribution in [0.2, 0.25) is 0 Å². The van der Waals surface area contributed by atoms with Crippen molar-refractivity contribution in [3.63, 3.8) is 0 Å². The first kappa shape index (κ1) is 18.8. The minimum Gasteiger partial charge on any atom is -0.359 e. The van der Waals surface area contributed by atoms with Crippen LogP contribution in [0.1, 0.15) is 20.8 Å². The lowest BCUT2D eigenvalue weighted by atomic mass is 10.1. The fourth-order valence-electron chi connectivity index (χ4n) is 2.87. The van der Waals surface area contributed by atoms with Crippen LogP contribution in [0, 0.1) is 11.8 Å². The summed E-state index contributed by atoms with van der Waals surface area (Å²) in [7, 11) is 3.28. The Morgan fingerprint density at radius 1 is 1.20 bits per heavy atom. The number of fused-ring (bicyclic) bond motifs is 1. The smallest absolute Gasteiger partial charge is 0.321 e. The van der Waals surface area contributed by atoms with Crippen molar-refractivity contribution in [3.8, 4) is 0 Å². The van der Waals surface area contributed by atoms with Crippen LogP contribution in [0.4, 0.5) is 10.5 Å². The average molecular weight is 344 g/mol. The van der Waals surface area contributed by atoms with Crippen molar-refractivity contribution in [2.75, 3.05) is 26.0 Å². The van der Waals surface area contributed by atoms with Crippen LogP contribution in [0.15, 0.2) is 30.5 Å². The number of amides is 3. The van der Waals surface area contributed by atoms with Gasteiger partial charge in [0.05, 0.1) is 5.92 Å². The van der Waals surface area contributed by atoms with E-state index in [4.69, 9.17) is 0 Å². The van der Waals surface area contributed by atoms with Gasteiger partial charge in [-0.3, -0.25) is 4.79 Å². The van der Waals surface area contributed by atoms with Gasteiger partial charge in [0.1, 0.15) is 0 Å². The molecule has 1 heterocycles. The summed E-state index contributed by atoms with van der Waals surface area (Å²) in [5.41, 5.74) is 1.91. The summed E-state index contributed by atoms with van der Waals surface area (Å²) in [5.74, 6) is 0.242. The predicted molar refractivity (Wildman–Crippen MR) is 102 cm³/mol. The third-order valence-corrected chi connectivity index (χ3v) is 4.17. The second kappa shape index (κ2) is 8.05. The molecule has 1 atom stereocenters. The maximum absolute atomic E-state index is 12.3. The number of nitrogens with zero attached hydrogens (tertiary/aromatic N) is 2. The summed E-state index contributed by atoms with van der Waals surface area (Å²) in [6.45, 7) is 7.51. The maximum atomic E-state index is 12.3. The molecule has 1 aromatic heterocycles. The lowest BCUT2D eigenvalue weighted by Crippen LogP contribution is -2.39. The lowest BCUT2D eigenvalue weighted by molar-refractivity contribution is -0.124. The molecule has 25 heavy (non-hydrogen) atoms. The number of hydrogen-bond acceptors (Lipinski definition) is 2. The van der Waals surface area contributed by atoms with Crippen molar-refractivity contribution in [2.45, 2.75) is 27.3 Å². The Bertz CT molecular complexity index is 751. The van der Waals surface area contributed by atoms with E-state index in [1.165, 1.54) is 4.90 Å². The Labute approximate surface area is 149 Å². The van der Waals surface area contributed by atoms with Crippen LogP contribution in [0.3, 0.4) is 0 Å². The van der Waals surface area contributed by atoms with Crippen LogP contribution in [0.25, 0.3) is 10.9 Å². The molecule has 0 unspecified atom stereocenters. The Hall–Kier alpha value is -2.50. The summed E-state index contributed by atoms with van der Waals surface area (Å²) in [5, 5.41) is 6.58. The molecule has 6 nitrogen and oxygen atoms in total. The number of anilines is 1. The van der Waals surface area contributed by atoms with Crippen LogP contribution >= 0.6 is 0 Å². The van der Waals surface area contributed by atoms with Crippen molar-refractivity contribution < 1.29 is 9.59 Å². The van der Waals surface area contributed by atoms with Crippen molar-refractivity contribution >= 4 is 28.5 Å². The highest BCUT2D eigenvalue weighted by Gasteiger charge is 2.17. The standard InChI is InChI=1S/C19H28N4O2/c1-13(2)11-23-9-8-15-10-16(6-7-17(15)23)21-19(25)22(5)12-14(3)18(24)20-4/h6-10,13-14H,11-12H2,1-5H3,(H,20,24)(H,21,25)/t14-/m0/s1. The molecule has 0 aliphatic carbocycles. The summed E-state index contributed by atoms with van der Waals surface area (Å²) in [4.78, 5) is 25.4. The van der Waals surface area contributed by atoms with Crippen molar-refractivity contribution in [2.24, 2.45) is 11.8 Å². The van der Waals surface area contributed by atoms with E-state index in [1.54, 1.807) is 21.0 Å². The van der Waals surface area contributed by atoms with E-state index in [1.807, 2.05) is 18.2 Å². The minimum absolute atomic E-state index is 0.0763. The number of carbonyl (C=O) groups excluding carboxylic acids is 2. The Morgan fingerprint density at radius 3 is 2.56 bits per heavy atom. The maximum Gasteiger partial charge on any atom is 0.321 e. The Kier molecular flexibility index (Phi) is 6.07. The third-order valence-electron chi connectivity index (χ3n) is 4.17. The number of rotatable bonds is 6. The molecule has 0 aliphatic rings. The first-order chi connectivity index (χ1) is 11.8. The topological polar surface area (TPSA) is 66.4 Å². The highest BCUT2D eigenvalue weighted by molar-refractivity contribution is 5.93. The van der Waals surface area contributed by atoms with Crippen molar-refractivity contribution in [1.29, 1.82) is 0 Å². The van der Waals surface area contributed by atoms with Gasteiger partial charge in [0.25, 0.3) is 0 Å². The van der Waals surface area contributed by atoms with Crippen LogP contribution in [0.5, 0.6) is 0 Å². The fraction of sp³-hybridized carbons (Fsp3) is 0.474. The molecule has 0 saturated heterocycles. The zero-order valence-corrected chi connectivity index (χ0v) is 15.7. The van der Waals surface area contributed by atoms with Gasteiger partial charge in [0, 0.05) is 50.0 Å². The van der Waals surface area contributed by atoms with Gasteiger partial charge in [-0.2, -0.15) is 0 Å². The Balaban J connectivity index is 2.04. The molecule has 0 aliphatic heterocycles. The molecule has 0 bridgehead atoms. The molecule has 0 saturated carbocycles. The van der Waals surface area contributed by atoms with Gasteiger partial charge < -0.3 is 20.1 Å². The molecule has 3 amide bonds. The predicted octanol–water partition coefficient (Wildman–Crippen LogP) is 3.14. The van der Waals surface area contributed by atoms with E-state index < -0.39 is 0 Å². The SMILES string of the molecule is CNC(=O)[C@@H](C)CN(C)C(=O)Nc1ccc2c(ccn2CC(C)C)c1. The average Bonchev–Trinajstić information content (AvgIpc) is 2.95. The molecule has 2 rings (SSSR count). The van der Waals surface area contributed by atoms with E-state index >= 15 is 0 Å². The zero-order valence-electron chi connectivity index (χ0n) is 15.7. The highest BCUT2D eigenvalue weighted by Crippen LogP contribution is 2.21. The molecule has 0 radical (unpaired) electrons. The molecule has 2 N–H and O–H groups in total. The van der Waals surface area contributed by atoms with Crippen LogP contribution in [-0.2, 0) is 11.3 Å². The molecular weight excluding hydrogens is 316 g/mol. The van der Waals surface area contributed by atoms with E-state index in [9.17, 15) is 9.59 Å². The van der Waals surface area contributed by atoms with Crippen molar-refractivity contribution in [3.05, 3.63) is 30.5 Å². The van der Waals surface area contributed by atoms with E-state index in [2.05, 4.69) is 41.3 Å². The second-order valence-electron chi connectivity index (χ2n) is 6.96. The normalized spacial score (nSPS) is 12.2. The third kappa shape index (κ3) is 4.75. The van der Waals surface area contributed by atoms with Gasteiger partial charge in [-0.1, -0.05) is 20.8 Å². The quantitative estimate of drug-likeness (QED) is 0.845. The van der Waals surface area contributed by atoms with E-state index in [0.717, 1.165) is 23.1 Å². The second-order valence-corrected chi connectivity index (χ2v) is 6.96. The fourth-order valence-corrected chi connectivity index (χ4v) is 2.87. The number of benzene rings is 1.